The first kappa shape index (κ1) is 11.9. The van der Waals surface area contributed by atoms with Gasteiger partial charge in [-0.1, -0.05) is 12.1 Å². The van der Waals surface area contributed by atoms with Crippen molar-refractivity contribution >= 4 is 11.6 Å². The topological polar surface area (TPSA) is 70.7 Å². The Hall–Kier alpha value is -2.61. The maximum Gasteiger partial charge on any atom is 0.258 e. The van der Waals surface area contributed by atoms with Crippen molar-refractivity contribution in [3.05, 3.63) is 47.3 Å². The van der Waals surface area contributed by atoms with Crippen LogP contribution in [0.4, 0.5) is 5.69 Å². The van der Waals surface area contributed by atoms with Crippen LogP contribution in [0.2, 0.25) is 0 Å². The van der Waals surface area contributed by atoms with Crippen LogP contribution in [-0.2, 0) is 7.05 Å². The Morgan fingerprint density at radius 1 is 1.50 bits per heavy atom. The van der Waals surface area contributed by atoms with Gasteiger partial charge in [0.15, 0.2) is 0 Å². The number of hydrogen-bond acceptors (Lipinski definition) is 3. The summed E-state index contributed by atoms with van der Waals surface area (Å²) in [5, 5.41) is 15.7. The first-order chi connectivity index (χ1) is 8.61. The van der Waals surface area contributed by atoms with E-state index in [4.69, 9.17) is 5.26 Å². The zero-order valence-corrected chi connectivity index (χ0v) is 10.1. The molecule has 5 heteroatoms. The van der Waals surface area contributed by atoms with Crippen LogP contribution >= 0.6 is 0 Å². The average Bonchev–Trinajstić information content (AvgIpc) is 2.76. The van der Waals surface area contributed by atoms with E-state index in [-0.39, 0.29) is 5.91 Å². The molecule has 5 nitrogen and oxygen atoms in total. The van der Waals surface area contributed by atoms with Crippen molar-refractivity contribution in [2.45, 2.75) is 6.92 Å². The second-order valence-electron chi connectivity index (χ2n) is 3.97. The van der Waals surface area contributed by atoms with Gasteiger partial charge in [0.1, 0.15) is 6.07 Å². The van der Waals surface area contributed by atoms with Gasteiger partial charge in [-0.2, -0.15) is 10.4 Å². The molecule has 18 heavy (non-hydrogen) atoms. The highest BCUT2D eigenvalue weighted by Crippen LogP contribution is 2.19. The van der Waals surface area contributed by atoms with Crippen LogP contribution < -0.4 is 5.32 Å². The fourth-order valence-electron chi connectivity index (χ4n) is 1.65. The predicted molar refractivity (Wildman–Crippen MR) is 67.1 cm³/mol. The van der Waals surface area contributed by atoms with Crippen LogP contribution in [0.1, 0.15) is 21.5 Å². The lowest BCUT2D eigenvalue weighted by Gasteiger charge is -2.07. The number of nitrogens with one attached hydrogen (secondary N) is 1. The van der Waals surface area contributed by atoms with E-state index in [2.05, 4.69) is 16.5 Å². The minimum atomic E-state index is -0.273. The number of anilines is 1. The maximum absolute atomic E-state index is 11.9. The van der Waals surface area contributed by atoms with Crippen LogP contribution in [0.25, 0.3) is 0 Å². The number of amides is 1. The van der Waals surface area contributed by atoms with E-state index in [1.54, 1.807) is 30.1 Å². The van der Waals surface area contributed by atoms with Crippen molar-refractivity contribution in [3.63, 3.8) is 0 Å². The number of aromatic nitrogens is 2. The molecule has 0 bridgehead atoms. The van der Waals surface area contributed by atoms with E-state index in [1.165, 1.54) is 6.20 Å². The number of rotatable bonds is 2. The molecule has 0 unspecified atom stereocenters. The summed E-state index contributed by atoms with van der Waals surface area (Å²) >= 11 is 0. The highest BCUT2D eigenvalue weighted by atomic mass is 16.1. The summed E-state index contributed by atoms with van der Waals surface area (Å²) in [6.07, 6.45) is 3.11. The van der Waals surface area contributed by atoms with Crippen molar-refractivity contribution in [2.24, 2.45) is 7.05 Å². The molecule has 1 amide bonds. The van der Waals surface area contributed by atoms with Crippen molar-refractivity contribution in [2.75, 3.05) is 5.32 Å². The third-order valence-electron chi connectivity index (χ3n) is 2.60. The van der Waals surface area contributed by atoms with Crippen LogP contribution in [0, 0.1) is 18.3 Å². The Bertz CT molecular complexity index is 637. The molecule has 1 N–H and O–H groups in total. The summed E-state index contributed by atoms with van der Waals surface area (Å²) < 4.78 is 1.55. The number of carbonyl (C=O) groups is 1. The quantitative estimate of drug-likeness (QED) is 0.870. The molecule has 0 aliphatic heterocycles. The molecule has 90 valence electrons. The second-order valence-corrected chi connectivity index (χ2v) is 3.97. The largest absolute Gasteiger partial charge is 0.321 e. The highest BCUT2D eigenvalue weighted by Gasteiger charge is 2.11. The zero-order valence-electron chi connectivity index (χ0n) is 10.1. The van der Waals surface area contributed by atoms with Gasteiger partial charge in [0.05, 0.1) is 23.0 Å². The predicted octanol–water partition coefficient (Wildman–Crippen LogP) is 1.85. The van der Waals surface area contributed by atoms with Gasteiger partial charge in [-0.15, -0.1) is 0 Å². The van der Waals surface area contributed by atoms with Crippen LogP contribution in [0.3, 0.4) is 0 Å². The van der Waals surface area contributed by atoms with Crippen molar-refractivity contribution in [1.82, 2.24) is 9.78 Å². The van der Waals surface area contributed by atoms with E-state index in [0.29, 0.717) is 16.8 Å². The second kappa shape index (κ2) is 4.72. The van der Waals surface area contributed by atoms with Gasteiger partial charge >= 0.3 is 0 Å². The van der Waals surface area contributed by atoms with Gasteiger partial charge in [0, 0.05) is 13.2 Å². The molecule has 0 atom stereocenters. The Labute approximate surface area is 105 Å². The molecule has 0 saturated carbocycles. The molecule has 2 aromatic rings. The van der Waals surface area contributed by atoms with E-state index < -0.39 is 0 Å². The monoisotopic (exact) mass is 240 g/mol. The number of carbonyl (C=O) groups excluding carboxylic acids is 1. The molecule has 2 rings (SSSR count). The lowest BCUT2D eigenvalue weighted by Crippen LogP contribution is -2.12. The summed E-state index contributed by atoms with van der Waals surface area (Å²) in [4.78, 5) is 11.9. The molecule has 0 saturated heterocycles. The zero-order chi connectivity index (χ0) is 13.1. The van der Waals surface area contributed by atoms with Gasteiger partial charge in [0.25, 0.3) is 5.91 Å². The molecule has 0 spiro atoms. The summed E-state index contributed by atoms with van der Waals surface area (Å²) in [7, 11) is 1.74. The van der Waals surface area contributed by atoms with Gasteiger partial charge < -0.3 is 5.32 Å². The molecule has 0 radical (unpaired) electrons. The molecule has 0 aliphatic carbocycles. The smallest absolute Gasteiger partial charge is 0.258 e. The van der Waals surface area contributed by atoms with E-state index in [0.717, 1.165) is 5.56 Å². The fraction of sp³-hybridized carbons (Fsp3) is 0.154. The minimum absolute atomic E-state index is 0.273. The van der Waals surface area contributed by atoms with E-state index >= 15 is 0 Å². The Morgan fingerprint density at radius 3 is 2.89 bits per heavy atom. The van der Waals surface area contributed by atoms with Gasteiger partial charge in [0.2, 0.25) is 0 Å². The van der Waals surface area contributed by atoms with Crippen molar-refractivity contribution in [1.29, 1.82) is 5.26 Å². The van der Waals surface area contributed by atoms with Crippen molar-refractivity contribution in [3.8, 4) is 6.07 Å². The van der Waals surface area contributed by atoms with Gasteiger partial charge in [-0.05, 0) is 18.6 Å². The third-order valence-corrected chi connectivity index (χ3v) is 2.60. The first-order valence-electron chi connectivity index (χ1n) is 5.41. The normalized spacial score (nSPS) is 9.83. The van der Waals surface area contributed by atoms with Gasteiger partial charge in [-0.25, -0.2) is 0 Å². The Morgan fingerprint density at radius 2 is 2.28 bits per heavy atom. The fourth-order valence-corrected chi connectivity index (χ4v) is 1.65. The summed E-state index contributed by atoms with van der Waals surface area (Å²) in [5.41, 5.74) is 2.30. The average molecular weight is 240 g/mol. The molecular formula is C13H12N4O. The molecule has 1 heterocycles. The highest BCUT2D eigenvalue weighted by molar-refractivity contribution is 6.04. The van der Waals surface area contributed by atoms with Crippen LogP contribution in [0.15, 0.2) is 30.6 Å². The van der Waals surface area contributed by atoms with Crippen LogP contribution in [-0.4, -0.2) is 15.7 Å². The molecule has 1 aromatic heterocycles. The number of benzene rings is 1. The number of nitrogens with zero attached hydrogens (tertiary/aromatic N) is 3. The lowest BCUT2D eigenvalue weighted by atomic mass is 10.1. The number of hydrogen-bond donors (Lipinski definition) is 1. The standard InChI is InChI=1S/C13H12N4O/c1-9-4-3-5-12(11(9)6-14)16-13(18)10-7-15-17(2)8-10/h3-5,7-8H,1-2H3,(H,16,18). The molecule has 0 aliphatic rings. The molecule has 0 fully saturated rings. The number of nitriles is 1. The summed E-state index contributed by atoms with van der Waals surface area (Å²) in [5.74, 6) is -0.273. The third kappa shape index (κ3) is 2.23. The number of aryl methyl sites for hydroxylation is 2. The van der Waals surface area contributed by atoms with Crippen LogP contribution in [0.5, 0.6) is 0 Å². The maximum atomic E-state index is 11.9. The van der Waals surface area contributed by atoms with Crippen molar-refractivity contribution < 1.29 is 4.79 Å². The molecule has 1 aromatic carbocycles. The van der Waals surface area contributed by atoms with E-state index in [1.807, 2.05) is 13.0 Å². The first-order valence-corrected chi connectivity index (χ1v) is 5.41. The summed E-state index contributed by atoms with van der Waals surface area (Å²) in [6.45, 7) is 1.83. The summed E-state index contributed by atoms with van der Waals surface area (Å²) in [6, 6.07) is 7.43. The Balaban J connectivity index is 2.28. The molecular weight excluding hydrogens is 228 g/mol. The van der Waals surface area contributed by atoms with Gasteiger partial charge in [-0.3, -0.25) is 9.48 Å². The Kier molecular flexibility index (Phi) is 3.11. The SMILES string of the molecule is Cc1cccc(NC(=O)c2cnn(C)c2)c1C#N. The minimum Gasteiger partial charge on any atom is -0.321 e. The van der Waals surface area contributed by atoms with E-state index in [9.17, 15) is 4.79 Å². The lowest BCUT2D eigenvalue weighted by molar-refractivity contribution is 0.102.